The van der Waals surface area contributed by atoms with Gasteiger partial charge in [-0.05, 0) is 70.1 Å². The molecule has 0 atom stereocenters. The van der Waals surface area contributed by atoms with Gasteiger partial charge in [-0.1, -0.05) is 30.7 Å². The van der Waals surface area contributed by atoms with Crippen molar-refractivity contribution in [2.24, 2.45) is 0 Å². The third kappa shape index (κ3) is 4.15. The number of hydrogen-bond donors (Lipinski definition) is 0. The van der Waals surface area contributed by atoms with E-state index in [1.165, 1.54) is 31.2 Å². The van der Waals surface area contributed by atoms with Crippen molar-refractivity contribution in [2.75, 3.05) is 18.1 Å². The van der Waals surface area contributed by atoms with Gasteiger partial charge in [0.2, 0.25) is 5.95 Å². The summed E-state index contributed by atoms with van der Waals surface area (Å²) < 4.78 is 1.84. The van der Waals surface area contributed by atoms with Crippen LogP contribution in [0.25, 0.3) is 0 Å². The molecular weight excluding hydrogens is 360 g/mol. The minimum atomic E-state index is 0.0734. The average Bonchev–Trinajstić information content (AvgIpc) is 2.77. The highest BCUT2D eigenvalue weighted by atomic mass is 16.1. The molecule has 2 aliphatic rings. The third-order valence-corrected chi connectivity index (χ3v) is 6.33. The number of fused-ring (bicyclic) bond motifs is 1. The van der Waals surface area contributed by atoms with E-state index < -0.39 is 0 Å². The number of nitrogens with zero attached hydrogens (tertiary/aromatic N) is 4. The first-order chi connectivity index (χ1) is 14.1. The van der Waals surface area contributed by atoms with Gasteiger partial charge >= 0.3 is 0 Å². The monoisotopic (exact) mass is 392 g/mol. The molecule has 0 amide bonds. The number of rotatable bonds is 5. The third-order valence-electron chi connectivity index (χ3n) is 6.33. The number of hydrogen-bond acceptors (Lipinski definition) is 4. The predicted molar refractivity (Wildman–Crippen MR) is 119 cm³/mol. The lowest BCUT2D eigenvalue weighted by molar-refractivity contribution is 0.199. The Balaban J connectivity index is 1.65. The summed E-state index contributed by atoms with van der Waals surface area (Å²) in [4.78, 5) is 22.4. The van der Waals surface area contributed by atoms with Gasteiger partial charge in [-0.15, -0.1) is 0 Å². The lowest BCUT2D eigenvalue weighted by atomic mass is 9.97. The van der Waals surface area contributed by atoms with Gasteiger partial charge in [0.1, 0.15) is 0 Å². The smallest absolute Gasteiger partial charge is 0.259 e. The predicted octanol–water partition coefficient (Wildman–Crippen LogP) is 4.68. The molecule has 4 rings (SSSR count). The fourth-order valence-electron chi connectivity index (χ4n) is 4.27. The molecule has 0 radical (unpaired) electrons. The largest absolute Gasteiger partial charge is 0.298 e. The zero-order chi connectivity index (χ0) is 20.4. The van der Waals surface area contributed by atoms with Crippen LogP contribution in [0.4, 0.5) is 11.6 Å². The lowest BCUT2D eigenvalue weighted by Crippen LogP contribution is -2.48. The van der Waals surface area contributed by atoms with Gasteiger partial charge in [-0.2, -0.15) is 0 Å². The Hall–Kier alpha value is -2.40. The molecule has 1 aromatic heterocycles. The van der Waals surface area contributed by atoms with Gasteiger partial charge in [0, 0.05) is 23.5 Å². The molecule has 0 unspecified atom stereocenters. The Morgan fingerprint density at radius 1 is 1.07 bits per heavy atom. The van der Waals surface area contributed by atoms with E-state index in [0.717, 1.165) is 48.9 Å². The van der Waals surface area contributed by atoms with E-state index in [4.69, 9.17) is 4.98 Å². The van der Waals surface area contributed by atoms with E-state index in [1.54, 1.807) is 5.57 Å². The normalized spacial score (nSPS) is 17.2. The van der Waals surface area contributed by atoms with Crippen LogP contribution in [0.3, 0.4) is 0 Å². The first-order valence-corrected chi connectivity index (χ1v) is 10.9. The van der Waals surface area contributed by atoms with Crippen LogP contribution in [-0.4, -0.2) is 27.7 Å². The molecular formula is C24H32N4O. The van der Waals surface area contributed by atoms with Crippen LogP contribution in [0, 0.1) is 13.8 Å². The van der Waals surface area contributed by atoms with Crippen LogP contribution in [0.1, 0.15) is 55.8 Å². The minimum Gasteiger partial charge on any atom is -0.298 e. The maximum atomic E-state index is 13.0. The van der Waals surface area contributed by atoms with Crippen LogP contribution >= 0.6 is 0 Å². The van der Waals surface area contributed by atoms with E-state index in [0.29, 0.717) is 6.67 Å². The van der Waals surface area contributed by atoms with Crippen LogP contribution in [-0.2, 0) is 13.1 Å². The van der Waals surface area contributed by atoms with Gasteiger partial charge in [0.15, 0.2) is 0 Å². The van der Waals surface area contributed by atoms with E-state index in [9.17, 15) is 4.79 Å². The Morgan fingerprint density at radius 3 is 2.55 bits per heavy atom. The number of anilines is 2. The zero-order valence-corrected chi connectivity index (χ0v) is 17.9. The molecule has 0 N–H and O–H groups in total. The van der Waals surface area contributed by atoms with Crippen molar-refractivity contribution < 1.29 is 0 Å². The van der Waals surface area contributed by atoms with Crippen molar-refractivity contribution >= 4 is 11.6 Å². The molecule has 5 heteroatoms. The Morgan fingerprint density at radius 2 is 1.86 bits per heavy atom. The van der Waals surface area contributed by atoms with Gasteiger partial charge in [0.25, 0.3) is 5.56 Å². The highest BCUT2D eigenvalue weighted by molar-refractivity contribution is 5.58. The topological polar surface area (TPSA) is 41.4 Å². The zero-order valence-electron chi connectivity index (χ0n) is 17.9. The molecule has 0 saturated carbocycles. The average molecular weight is 393 g/mol. The number of allylic oxidation sites excluding steroid dienone is 1. The fraction of sp³-hybridized carbons (Fsp3) is 0.500. The lowest BCUT2D eigenvalue weighted by Gasteiger charge is -2.38. The maximum absolute atomic E-state index is 13.0. The maximum Gasteiger partial charge on any atom is 0.259 e. The summed E-state index contributed by atoms with van der Waals surface area (Å²) >= 11 is 0. The van der Waals surface area contributed by atoms with Crippen LogP contribution < -0.4 is 10.5 Å². The highest BCUT2D eigenvalue weighted by Gasteiger charge is 2.27. The first-order valence-electron chi connectivity index (χ1n) is 10.9. The second-order valence-electron chi connectivity index (χ2n) is 8.34. The standard InChI is InChI=1S/C24H32N4O/c1-4-20-10-12-22(13-11-20)27-16-26(15-14-21-8-6-5-7-9-21)17-28-23(29)18(2)19(3)25-24(27)28/h8,10-13H,4-7,9,14-17H2,1-3H3. The summed E-state index contributed by atoms with van der Waals surface area (Å²) in [6.07, 6.45) is 9.61. The quantitative estimate of drug-likeness (QED) is 0.693. The summed E-state index contributed by atoms with van der Waals surface area (Å²) in [6, 6.07) is 8.64. The van der Waals surface area contributed by atoms with Crippen LogP contribution in [0.5, 0.6) is 0 Å². The summed E-state index contributed by atoms with van der Waals surface area (Å²) in [5.41, 5.74) is 5.62. The molecule has 1 aromatic carbocycles. The summed E-state index contributed by atoms with van der Waals surface area (Å²) in [5, 5.41) is 0. The molecule has 1 aliphatic carbocycles. The van der Waals surface area contributed by atoms with E-state index in [1.807, 2.05) is 18.4 Å². The molecule has 5 nitrogen and oxygen atoms in total. The van der Waals surface area contributed by atoms with Crippen molar-refractivity contribution in [1.82, 2.24) is 14.5 Å². The van der Waals surface area contributed by atoms with Gasteiger partial charge in [0.05, 0.1) is 13.3 Å². The first kappa shape index (κ1) is 19.9. The molecule has 1 aliphatic heterocycles. The minimum absolute atomic E-state index is 0.0734. The van der Waals surface area contributed by atoms with Gasteiger partial charge in [-0.25, -0.2) is 4.98 Å². The number of benzene rings is 1. The molecule has 154 valence electrons. The summed E-state index contributed by atoms with van der Waals surface area (Å²) in [7, 11) is 0. The number of aryl methyl sites for hydroxylation is 2. The molecule has 0 fully saturated rings. The molecule has 0 saturated heterocycles. The highest BCUT2D eigenvalue weighted by Crippen LogP contribution is 2.29. The molecule has 2 aromatic rings. The van der Waals surface area contributed by atoms with Crippen molar-refractivity contribution in [2.45, 2.75) is 66.0 Å². The Labute approximate surface area is 173 Å². The fourth-order valence-corrected chi connectivity index (χ4v) is 4.27. The van der Waals surface area contributed by atoms with Gasteiger partial charge < -0.3 is 0 Å². The second kappa shape index (κ2) is 8.54. The molecule has 0 spiro atoms. The molecule has 2 heterocycles. The van der Waals surface area contributed by atoms with Crippen molar-refractivity contribution in [3.05, 3.63) is 63.1 Å². The van der Waals surface area contributed by atoms with E-state index >= 15 is 0 Å². The molecule has 0 bridgehead atoms. The van der Waals surface area contributed by atoms with Crippen molar-refractivity contribution in [3.8, 4) is 0 Å². The van der Waals surface area contributed by atoms with E-state index in [-0.39, 0.29) is 5.56 Å². The van der Waals surface area contributed by atoms with E-state index in [2.05, 4.69) is 47.1 Å². The SMILES string of the molecule is CCc1ccc(N2CN(CCC3=CCCCC3)Cn3c2nc(C)c(C)c3=O)cc1. The summed E-state index contributed by atoms with van der Waals surface area (Å²) in [5.74, 6) is 0.760. The van der Waals surface area contributed by atoms with Crippen molar-refractivity contribution in [3.63, 3.8) is 0 Å². The Kier molecular flexibility index (Phi) is 5.86. The molecule has 29 heavy (non-hydrogen) atoms. The van der Waals surface area contributed by atoms with Crippen LogP contribution in [0.2, 0.25) is 0 Å². The second-order valence-corrected chi connectivity index (χ2v) is 8.34. The van der Waals surface area contributed by atoms with Gasteiger partial charge in [-0.3, -0.25) is 19.2 Å². The van der Waals surface area contributed by atoms with Crippen LogP contribution in [0.15, 0.2) is 40.7 Å². The summed E-state index contributed by atoms with van der Waals surface area (Å²) in [6.45, 7) is 8.31. The van der Waals surface area contributed by atoms with Crippen molar-refractivity contribution in [1.29, 1.82) is 0 Å². The Bertz CT molecular complexity index is 958. The number of aromatic nitrogens is 2.